The number of likely N-dealkylation sites (N-methyl/N-ethyl adjacent to an activating group) is 1. The summed E-state index contributed by atoms with van der Waals surface area (Å²) in [5.41, 5.74) is -1.66. The largest absolute Gasteiger partial charge is 0.458 e. The summed E-state index contributed by atoms with van der Waals surface area (Å²) in [6.45, 7) is 22.0. The fraction of sp³-hybridized carbons (Fsp3) is 0.712. The van der Waals surface area contributed by atoms with Gasteiger partial charge in [-0.3, -0.25) is 29.0 Å². The standard InChI is InChI=1S/C59H87N3O15/c1-17-45-59(12)51(62(56(67)77-59)43-31-61(32-43)47(41-24-20-18-21-25-41)42-26-22-19-23-27-42)35(4)48(65)33(2)29-57(10,68-15)52(76-55-50(72-39(8)63)44(60(13)14)28-34(3)70-55)36(5)49(37(6)54(66)74-45)75-46-30-58(11,69-16)53(38(7)71-46)73-40(9)64/h18-27,33-38,43-47,49-53,55H,17,28-32H2,1-16H3/t33-,34-,35+,36+,37-,38+,44+,45-,46+,49+,50-,51-,52-,53+,55+,57-,58-,59-/m1/s1. The van der Waals surface area contributed by atoms with Gasteiger partial charge in [-0.05, 0) is 86.0 Å². The van der Waals surface area contributed by atoms with Crippen LogP contribution in [0.1, 0.15) is 126 Å². The topological polar surface area (TPSA) is 187 Å². The Morgan fingerprint density at radius 1 is 0.753 bits per heavy atom. The van der Waals surface area contributed by atoms with Crippen molar-refractivity contribution in [3.05, 3.63) is 71.8 Å². The highest BCUT2D eigenvalue weighted by molar-refractivity contribution is 5.85. The van der Waals surface area contributed by atoms with E-state index in [9.17, 15) is 14.4 Å². The number of hydrogen-bond donors (Lipinski definition) is 0. The lowest BCUT2D eigenvalue weighted by Crippen LogP contribution is -2.66. The van der Waals surface area contributed by atoms with Crippen molar-refractivity contribution in [2.75, 3.05) is 41.4 Å². The Balaban J connectivity index is 1.31. The van der Waals surface area contributed by atoms with Gasteiger partial charge in [0.2, 0.25) is 0 Å². The van der Waals surface area contributed by atoms with Crippen LogP contribution < -0.4 is 0 Å². The van der Waals surface area contributed by atoms with Crippen molar-refractivity contribution in [3.8, 4) is 0 Å². The van der Waals surface area contributed by atoms with Crippen LogP contribution in [-0.2, 0) is 66.5 Å². The maximum absolute atomic E-state index is 15.5. The minimum atomic E-state index is -1.48. The summed E-state index contributed by atoms with van der Waals surface area (Å²) in [5, 5.41) is 0. The van der Waals surface area contributed by atoms with Crippen LogP contribution in [0.5, 0.6) is 0 Å². The van der Waals surface area contributed by atoms with Gasteiger partial charge in [-0.1, -0.05) is 88.4 Å². The van der Waals surface area contributed by atoms with Crippen molar-refractivity contribution in [2.24, 2.45) is 23.7 Å². The lowest BCUT2D eigenvalue weighted by Gasteiger charge is -2.51. The molecular weight excluding hydrogens is 991 g/mol. The number of fused-ring (bicyclic) bond motifs is 1. The van der Waals surface area contributed by atoms with Crippen LogP contribution in [0.15, 0.2) is 60.7 Å². The number of methoxy groups -OCH3 is 2. The van der Waals surface area contributed by atoms with Crippen LogP contribution >= 0.6 is 0 Å². The van der Waals surface area contributed by atoms with E-state index in [0.29, 0.717) is 19.5 Å². The predicted molar refractivity (Wildman–Crippen MR) is 284 cm³/mol. The molecule has 0 spiro atoms. The number of amides is 1. The number of ether oxygens (including phenoxy) is 10. The molecule has 0 bridgehead atoms. The smallest absolute Gasteiger partial charge is 0.411 e. The SMILES string of the molecule is CC[C@H]1OC(=O)[C@H](C)[C@@H](O[C@H]2C[C@@](C)(OC)[C@@H](OC(C)=O)[C@H](C)O2)[C@H](C)[C@@H](O[C@@H]2O[C@H](C)C[C@H](N(C)C)[C@H]2OC(C)=O)[C@](C)(OC)C[C@@H](C)C(=O)[C@H](C)[C@H]2N(C3CN(C(c4ccccc4)c4ccccc4)C3)C(=O)O[C@]12C. The molecular formula is C59H87N3O15. The molecule has 0 unspecified atom stereocenters. The van der Waals surface area contributed by atoms with Crippen LogP contribution in [0, 0.1) is 23.7 Å². The molecule has 18 nitrogen and oxygen atoms in total. The Kier molecular flexibility index (Phi) is 19.1. The fourth-order valence-corrected chi connectivity index (χ4v) is 13.4. The summed E-state index contributed by atoms with van der Waals surface area (Å²) in [6.07, 6.45) is -7.61. The molecule has 0 N–H and O–H groups in total. The Morgan fingerprint density at radius 2 is 1.32 bits per heavy atom. The first-order valence-corrected chi connectivity index (χ1v) is 27.6. The highest BCUT2D eigenvalue weighted by Gasteiger charge is 2.63. The number of rotatable bonds is 14. The second-order valence-corrected chi connectivity index (χ2v) is 23.4. The van der Waals surface area contributed by atoms with Gasteiger partial charge in [-0.2, -0.15) is 0 Å². The van der Waals surface area contributed by atoms with Gasteiger partial charge >= 0.3 is 24.0 Å². The zero-order valence-electron chi connectivity index (χ0n) is 48.3. The van der Waals surface area contributed by atoms with E-state index in [1.165, 1.54) is 21.0 Å². The molecule has 5 heterocycles. The average molecular weight is 1080 g/mol. The van der Waals surface area contributed by atoms with Crippen molar-refractivity contribution in [2.45, 2.75) is 205 Å². The first-order chi connectivity index (χ1) is 36.3. The molecule has 2 aromatic rings. The first-order valence-electron chi connectivity index (χ1n) is 27.6. The van der Waals surface area contributed by atoms with Crippen molar-refractivity contribution in [1.82, 2.24) is 14.7 Å². The Morgan fingerprint density at radius 3 is 1.86 bits per heavy atom. The van der Waals surface area contributed by atoms with E-state index in [4.69, 9.17) is 47.4 Å². The molecule has 0 radical (unpaired) electrons. The van der Waals surface area contributed by atoms with Gasteiger partial charge in [0.05, 0.1) is 60.1 Å². The first kappa shape index (κ1) is 60.1. The van der Waals surface area contributed by atoms with E-state index < -0.39 is 120 Å². The molecule has 5 saturated heterocycles. The zero-order valence-corrected chi connectivity index (χ0v) is 48.3. The minimum absolute atomic E-state index is 0.0898. The molecule has 5 aliphatic rings. The lowest BCUT2D eigenvalue weighted by atomic mass is 9.72. The second-order valence-electron chi connectivity index (χ2n) is 23.4. The van der Waals surface area contributed by atoms with Gasteiger partial charge in [0, 0.05) is 65.3 Å². The van der Waals surface area contributed by atoms with Crippen LogP contribution in [0.3, 0.4) is 0 Å². The van der Waals surface area contributed by atoms with E-state index in [1.807, 2.05) is 104 Å². The molecule has 0 saturated carbocycles. The Bertz CT molecular complexity index is 2320. The lowest BCUT2D eigenvalue weighted by molar-refractivity contribution is -0.320. The van der Waals surface area contributed by atoms with Crippen LogP contribution in [0.25, 0.3) is 0 Å². The molecule has 1 amide bonds. The number of ketones is 1. The van der Waals surface area contributed by atoms with E-state index in [1.54, 1.807) is 32.8 Å². The second kappa shape index (κ2) is 24.5. The quantitative estimate of drug-likeness (QED) is 0.133. The Hall–Kier alpha value is -4.53. The van der Waals surface area contributed by atoms with Gasteiger partial charge in [0.1, 0.15) is 17.5 Å². The Labute approximate surface area is 456 Å². The normalized spacial score (nSPS) is 38.8. The van der Waals surface area contributed by atoms with Crippen LogP contribution in [0.4, 0.5) is 4.79 Å². The third-order valence-corrected chi connectivity index (χ3v) is 17.5. The van der Waals surface area contributed by atoms with Crippen molar-refractivity contribution in [3.63, 3.8) is 0 Å². The molecule has 5 aliphatic heterocycles. The van der Waals surface area contributed by atoms with Crippen LogP contribution in [-0.4, -0.2) is 176 Å². The summed E-state index contributed by atoms with van der Waals surface area (Å²) < 4.78 is 65.0. The summed E-state index contributed by atoms with van der Waals surface area (Å²) in [5.74, 6) is -5.20. The molecule has 7 rings (SSSR count). The fourth-order valence-electron chi connectivity index (χ4n) is 13.4. The molecule has 428 valence electrons. The highest BCUT2D eigenvalue weighted by atomic mass is 16.7. The molecule has 18 heteroatoms. The summed E-state index contributed by atoms with van der Waals surface area (Å²) in [6, 6.07) is 18.9. The monoisotopic (exact) mass is 1080 g/mol. The van der Waals surface area contributed by atoms with Crippen molar-refractivity contribution in [1.29, 1.82) is 0 Å². The third-order valence-electron chi connectivity index (χ3n) is 17.5. The third kappa shape index (κ3) is 12.4. The van der Waals surface area contributed by atoms with Gasteiger partial charge in [0.15, 0.2) is 30.4 Å². The van der Waals surface area contributed by atoms with Crippen molar-refractivity contribution >= 4 is 29.8 Å². The van der Waals surface area contributed by atoms with E-state index in [2.05, 4.69) is 29.2 Å². The molecule has 0 aliphatic carbocycles. The van der Waals surface area contributed by atoms with Gasteiger partial charge in [0.25, 0.3) is 0 Å². The van der Waals surface area contributed by atoms with Gasteiger partial charge < -0.3 is 52.3 Å². The number of cyclic esters (lactones) is 1. The molecule has 5 fully saturated rings. The number of esters is 3. The number of carbonyl (C=O) groups is 5. The van der Waals surface area contributed by atoms with Gasteiger partial charge in [-0.15, -0.1) is 0 Å². The predicted octanol–water partition coefficient (Wildman–Crippen LogP) is 7.52. The summed E-state index contributed by atoms with van der Waals surface area (Å²) in [7, 11) is 6.89. The van der Waals surface area contributed by atoms with E-state index >= 15 is 9.59 Å². The number of likely N-dealkylation sites (tertiary alicyclic amines) is 1. The number of Topliss-reactive ketones (excluding diaryl/α,β-unsaturated/α-hetero) is 1. The van der Waals surface area contributed by atoms with E-state index in [0.717, 1.165) is 11.1 Å². The molecule has 2 aromatic carbocycles. The summed E-state index contributed by atoms with van der Waals surface area (Å²) in [4.78, 5) is 76.8. The van der Waals surface area contributed by atoms with E-state index in [-0.39, 0.29) is 49.3 Å². The summed E-state index contributed by atoms with van der Waals surface area (Å²) >= 11 is 0. The molecule has 18 atom stereocenters. The molecule has 77 heavy (non-hydrogen) atoms. The minimum Gasteiger partial charge on any atom is -0.458 e. The highest BCUT2D eigenvalue weighted by Crippen LogP contribution is 2.47. The van der Waals surface area contributed by atoms with Crippen LogP contribution in [0.2, 0.25) is 0 Å². The number of benzene rings is 2. The number of nitrogens with zero attached hydrogens (tertiary/aromatic N) is 3. The molecule has 0 aromatic heterocycles. The maximum atomic E-state index is 15.5. The number of carbonyl (C=O) groups excluding carboxylic acids is 5. The average Bonchev–Trinajstić information content (AvgIpc) is 3.69. The van der Waals surface area contributed by atoms with Gasteiger partial charge in [-0.25, -0.2) is 4.79 Å². The van der Waals surface area contributed by atoms with Crippen molar-refractivity contribution < 1.29 is 71.3 Å². The maximum Gasteiger partial charge on any atom is 0.411 e. The number of hydrogen-bond acceptors (Lipinski definition) is 17. The zero-order chi connectivity index (χ0) is 56.5.